The van der Waals surface area contributed by atoms with Crippen LogP contribution < -0.4 is 5.32 Å². The molecule has 1 aliphatic carbocycles. The second kappa shape index (κ2) is 10.5. The maximum atomic E-state index is 10.8. The molecule has 0 amide bonds. The average Bonchev–Trinajstić information content (AvgIpc) is 2.48. The van der Waals surface area contributed by atoms with Gasteiger partial charge >= 0.3 is 5.97 Å². The molecule has 0 radical (unpaired) electrons. The Morgan fingerprint density at radius 3 is 2.75 bits per heavy atom. The molecule has 0 heterocycles. The summed E-state index contributed by atoms with van der Waals surface area (Å²) in [4.78, 5) is 13.7. The Morgan fingerprint density at radius 2 is 2.10 bits per heavy atom. The molecule has 7 heteroatoms. The van der Waals surface area contributed by atoms with E-state index in [1.54, 1.807) is 0 Å². The molecule has 1 N–H and O–H groups in total. The fourth-order valence-electron chi connectivity index (χ4n) is 2.31. The molecule has 0 atom stereocenters. The number of nitrogens with one attached hydrogen (secondary N) is 1. The molecule has 1 rings (SSSR count). The van der Waals surface area contributed by atoms with E-state index < -0.39 is 0 Å². The molecule has 0 bridgehead atoms. The predicted molar refractivity (Wildman–Crippen MR) is 75.3 cm³/mol. The van der Waals surface area contributed by atoms with E-state index >= 15 is 0 Å². The summed E-state index contributed by atoms with van der Waals surface area (Å²) in [5, 5.41) is 7.25. The lowest BCUT2D eigenvalue weighted by Gasteiger charge is -2.26. The summed E-state index contributed by atoms with van der Waals surface area (Å²) in [6.45, 7) is 1.98. The largest absolute Gasteiger partial charge is 0.469 e. The Balaban J connectivity index is 1.92. The number of ether oxygens (including phenoxy) is 2. The number of methoxy groups -OCH3 is 1. The molecule has 0 unspecified atom stereocenters. The third-order valence-corrected chi connectivity index (χ3v) is 3.49. The summed E-state index contributed by atoms with van der Waals surface area (Å²) in [7, 11) is 1.38. The lowest BCUT2D eigenvalue weighted by molar-refractivity contribution is -0.141. The molecule has 7 nitrogen and oxygen atoms in total. The molecule has 114 valence electrons. The van der Waals surface area contributed by atoms with Gasteiger partial charge in [-0.05, 0) is 44.2 Å². The van der Waals surface area contributed by atoms with Crippen LogP contribution in [0.4, 0.5) is 0 Å². The van der Waals surface area contributed by atoms with Crippen LogP contribution in [0.2, 0.25) is 0 Å². The first-order chi connectivity index (χ1) is 9.76. The number of azide groups is 1. The van der Waals surface area contributed by atoms with E-state index in [1.807, 2.05) is 0 Å². The zero-order chi connectivity index (χ0) is 14.6. The molecule has 0 aromatic rings. The molecular formula is C13H24N4O3. The number of esters is 1. The van der Waals surface area contributed by atoms with Gasteiger partial charge in [-0.25, -0.2) is 0 Å². The van der Waals surface area contributed by atoms with E-state index in [0.717, 1.165) is 38.6 Å². The highest BCUT2D eigenvalue weighted by atomic mass is 16.5. The van der Waals surface area contributed by atoms with Gasteiger partial charge in [-0.1, -0.05) is 5.11 Å². The van der Waals surface area contributed by atoms with Crippen molar-refractivity contribution < 1.29 is 14.3 Å². The van der Waals surface area contributed by atoms with Gasteiger partial charge < -0.3 is 14.8 Å². The molecule has 1 aliphatic rings. The summed E-state index contributed by atoms with van der Waals surface area (Å²) in [5.41, 5.74) is 8.38. The second-order valence-corrected chi connectivity index (χ2v) is 4.96. The minimum Gasteiger partial charge on any atom is -0.469 e. The Morgan fingerprint density at radius 1 is 1.35 bits per heavy atom. The van der Waals surface area contributed by atoms with Gasteiger partial charge in [0.15, 0.2) is 0 Å². The first kappa shape index (κ1) is 16.8. The first-order valence-corrected chi connectivity index (χ1v) is 7.18. The average molecular weight is 284 g/mol. The van der Waals surface area contributed by atoms with Crippen molar-refractivity contribution in [2.45, 2.75) is 50.6 Å². The molecule has 0 saturated heterocycles. The van der Waals surface area contributed by atoms with Gasteiger partial charge in [0.2, 0.25) is 0 Å². The van der Waals surface area contributed by atoms with Crippen LogP contribution in [0.25, 0.3) is 10.4 Å². The Kier molecular flexibility index (Phi) is 8.78. The fraction of sp³-hybridized carbons (Fsp3) is 0.923. The lowest BCUT2D eigenvalue weighted by Crippen LogP contribution is -2.35. The van der Waals surface area contributed by atoms with Crippen LogP contribution in [0.3, 0.4) is 0 Å². The summed E-state index contributed by atoms with van der Waals surface area (Å²) in [6.07, 6.45) is 5.30. The topological polar surface area (TPSA) is 96.3 Å². The molecular weight excluding hydrogens is 260 g/mol. The van der Waals surface area contributed by atoms with Crippen LogP contribution in [0.1, 0.15) is 38.5 Å². The molecule has 1 saturated carbocycles. The van der Waals surface area contributed by atoms with Crippen LogP contribution in [-0.4, -0.2) is 44.9 Å². The quantitative estimate of drug-likeness (QED) is 0.231. The van der Waals surface area contributed by atoms with Crippen molar-refractivity contribution in [1.82, 2.24) is 5.32 Å². The number of nitrogens with zero attached hydrogens (tertiary/aromatic N) is 3. The predicted octanol–water partition coefficient (Wildman–Crippen LogP) is 2.17. The van der Waals surface area contributed by atoms with Gasteiger partial charge in [-0.2, -0.15) is 0 Å². The van der Waals surface area contributed by atoms with Crippen LogP contribution >= 0.6 is 0 Å². The van der Waals surface area contributed by atoms with Crippen molar-refractivity contribution in [2.75, 3.05) is 26.9 Å². The van der Waals surface area contributed by atoms with E-state index in [2.05, 4.69) is 20.1 Å². The summed E-state index contributed by atoms with van der Waals surface area (Å²) in [5.74, 6) is -0.236. The van der Waals surface area contributed by atoms with Crippen molar-refractivity contribution in [1.29, 1.82) is 0 Å². The second-order valence-electron chi connectivity index (χ2n) is 4.96. The van der Waals surface area contributed by atoms with Gasteiger partial charge in [0.25, 0.3) is 0 Å². The molecule has 0 aliphatic heterocycles. The minimum atomic E-state index is -0.236. The van der Waals surface area contributed by atoms with Gasteiger partial charge in [-0.3, -0.25) is 4.79 Å². The van der Waals surface area contributed by atoms with E-state index in [9.17, 15) is 4.79 Å². The Labute approximate surface area is 119 Å². The standard InChI is InChI=1S/C13H24N4O3/c1-19-13(18)7-10-20-9-2-8-15-11-3-5-12(6-4-11)16-17-14/h11-12,15H,2-10H2,1H3. The number of carbonyl (C=O) groups is 1. The first-order valence-electron chi connectivity index (χ1n) is 7.18. The SMILES string of the molecule is COC(=O)CCOCCCNC1CCC(N=[N+]=[N-])CC1. The van der Waals surface area contributed by atoms with E-state index in [4.69, 9.17) is 10.3 Å². The fourth-order valence-corrected chi connectivity index (χ4v) is 2.31. The normalized spacial score (nSPS) is 22.1. The number of hydrogen-bond acceptors (Lipinski definition) is 5. The molecule has 1 fully saturated rings. The van der Waals surface area contributed by atoms with Crippen molar-refractivity contribution in [3.63, 3.8) is 0 Å². The van der Waals surface area contributed by atoms with Crippen molar-refractivity contribution in [3.8, 4) is 0 Å². The van der Waals surface area contributed by atoms with Crippen LogP contribution in [-0.2, 0) is 14.3 Å². The van der Waals surface area contributed by atoms with Gasteiger partial charge in [0.1, 0.15) is 0 Å². The van der Waals surface area contributed by atoms with Crippen molar-refractivity contribution in [3.05, 3.63) is 10.4 Å². The van der Waals surface area contributed by atoms with Crippen LogP contribution in [0.15, 0.2) is 5.11 Å². The zero-order valence-corrected chi connectivity index (χ0v) is 12.1. The Hall–Kier alpha value is -1.30. The minimum absolute atomic E-state index is 0.180. The number of rotatable bonds is 9. The van der Waals surface area contributed by atoms with E-state index in [1.165, 1.54) is 7.11 Å². The van der Waals surface area contributed by atoms with Gasteiger partial charge in [0, 0.05) is 23.6 Å². The van der Waals surface area contributed by atoms with Gasteiger partial charge in [0.05, 0.1) is 20.1 Å². The molecule has 0 aromatic heterocycles. The van der Waals surface area contributed by atoms with Crippen molar-refractivity contribution >= 4 is 5.97 Å². The molecule has 20 heavy (non-hydrogen) atoms. The monoisotopic (exact) mass is 284 g/mol. The smallest absolute Gasteiger partial charge is 0.307 e. The van der Waals surface area contributed by atoms with E-state index in [0.29, 0.717) is 25.7 Å². The molecule has 0 spiro atoms. The molecule has 0 aromatic carbocycles. The number of hydrogen-bond donors (Lipinski definition) is 1. The highest BCUT2D eigenvalue weighted by molar-refractivity contribution is 5.69. The van der Waals surface area contributed by atoms with Gasteiger partial charge in [-0.15, -0.1) is 0 Å². The highest BCUT2D eigenvalue weighted by Crippen LogP contribution is 2.21. The third kappa shape index (κ3) is 7.33. The van der Waals surface area contributed by atoms with Crippen molar-refractivity contribution in [2.24, 2.45) is 5.11 Å². The maximum absolute atomic E-state index is 10.8. The summed E-state index contributed by atoms with van der Waals surface area (Å²) >= 11 is 0. The number of carbonyl (C=O) groups excluding carboxylic acids is 1. The maximum Gasteiger partial charge on any atom is 0.307 e. The highest BCUT2D eigenvalue weighted by Gasteiger charge is 2.19. The van der Waals surface area contributed by atoms with E-state index in [-0.39, 0.29) is 12.0 Å². The summed E-state index contributed by atoms with van der Waals surface area (Å²) in [6, 6.07) is 0.704. The van der Waals surface area contributed by atoms with Crippen LogP contribution in [0, 0.1) is 0 Å². The zero-order valence-electron chi connectivity index (χ0n) is 12.1. The van der Waals surface area contributed by atoms with Crippen LogP contribution in [0.5, 0.6) is 0 Å². The summed E-state index contributed by atoms with van der Waals surface area (Å²) < 4.78 is 9.87. The lowest BCUT2D eigenvalue weighted by atomic mass is 9.92. The third-order valence-electron chi connectivity index (χ3n) is 3.49. The Bertz CT molecular complexity index is 324.